The smallest absolute Gasteiger partial charge is 0.256 e. The summed E-state index contributed by atoms with van der Waals surface area (Å²) >= 11 is 0. The first-order valence-electron chi connectivity index (χ1n) is 10.2. The van der Waals surface area contributed by atoms with Crippen LogP contribution in [0.25, 0.3) is 0 Å². The number of hydrogen-bond donors (Lipinski definition) is 2. The Kier molecular flexibility index (Phi) is 6.00. The monoisotopic (exact) mass is 415 g/mol. The van der Waals surface area contributed by atoms with E-state index in [1.54, 1.807) is 24.1 Å². The van der Waals surface area contributed by atoms with Crippen LogP contribution in [0.15, 0.2) is 72.8 Å². The van der Waals surface area contributed by atoms with E-state index in [-0.39, 0.29) is 18.0 Å². The fraction of sp³-hybridized carbons (Fsp3) is 0.200. The Morgan fingerprint density at radius 2 is 1.65 bits per heavy atom. The van der Waals surface area contributed by atoms with Gasteiger partial charge < -0.3 is 20.3 Å². The number of nitrogens with one attached hydrogen (secondary N) is 2. The molecular weight excluding hydrogens is 390 g/mol. The van der Waals surface area contributed by atoms with Crippen molar-refractivity contribution in [1.82, 2.24) is 4.90 Å². The molecule has 1 heterocycles. The molecule has 0 saturated heterocycles. The van der Waals surface area contributed by atoms with Gasteiger partial charge in [0, 0.05) is 41.7 Å². The van der Waals surface area contributed by atoms with Gasteiger partial charge in [-0.3, -0.25) is 9.59 Å². The first-order chi connectivity index (χ1) is 15.1. The molecule has 1 aliphatic heterocycles. The lowest BCUT2D eigenvalue weighted by Gasteiger charge is -2.27. The van der Waals surface area contributed by atoms with E-state index in [0.717, 1.165) is 22.5 Å². The van der Waals surface area contributed by atoms with Crippen LogP contribution in [0.4, 0.5) is 11.4 Å². The molecule has 3 aromatic carbocycles. The molecule has 0 radical (unpaired) electrons. The van der Waals surface area contributed by atoms with Crippen molar-refractivity contribution >= 4 is 23.2 Å². The lowest BCUT2D eigenvalue weighted by atomic mass is 10.1. The minimum atomic E-state index is -0.286. The van der Waals surface area contributed by atoms with Crippen molar-refractivity contribution in [2.45, 2.75) is 13.1 Å². The van der Waals surface area contributed by atoms with Gasteiger partial charge in [-0.15, -0.1) is 0 Å². The standard InChI is InChI=1S/C25H25N3O3/c1-17-7-11-20(12-8-17)27-24(29)18-9-13-19(14-10-18)26-23-21-5-3-4-6-22(21)25(30)28(23)15-16-31-2/h3-14,23,26H,15-16H2,1-2H3,(H,27,29)/t23-/m0/s1. The summed E-state index contributed by atoms with van der Waals surface area (Å²) in [5.74, 6) is -0.183. The lowest BCUT2D eigenvalue weighted by molar-refractivity contribution is 0.0674. The molecule has 6 nitrogen and oxygen atoms in total. The van der Waals surface area contributed by atoms with Gasteiger partial charge in [-0.05, 0) is 49.4 Å². The van der Waals surface area contributed by atoms with Crippen molar-refractivity contribution < 1.29 is 14.3 Å². The quantitative estimate of drug-likeness (QED) is 0.598. The number of carbonyl (C=O) groups is 2. The number of carbonyl (C=O) groups excluding carboxylic acids is 2. The first-order valence-corrected chi connectivity index (χ1v) is 10.2. The van der Waals surface area contributed by atoms with Crippen LogP contribution in [0.2, 0.25) is 0 Å². The SMILES string of the molecule is COCCN1C(=O)c2ccccc2[C@H]1Nc1ccc(C(=O)Nc2ccc(C)cc2)cc1. The summed E-state index contributed by atoms with van der Waals surface area (Å²) in [5, 5.41) is 6.33. The van der Waals surface area contributed by atoms with Crippen molar-refractivity contribution in [1.29, 1.82) is 0 Å². The van der Waals surface area contributed by atoms with Crippen molar-refractivity contribution in [3.05, 3.63) is 95.1 Å². The van der Waals surface area contributed by atoms with Gasteiger partial charge in [-0.25, -0.2) is 0 Å². The maximum Gasteiger partial charge on any atom is 0.256 e. The zero-order valence-corrected chi connectivity index (χ0v) is 17.6. The highest BCUT2D eigenvalue weighted by atomic mass is 16.5. The summed E-state index contributed by atoms with van der Waals surface area (Å²) in [4.78, 5) is 27.1. The Labute approximate surface area is 181 Å². The van der Waals surface area contributed by atoms with Crippen molar-refractivity contribution in [2.24, 2.45) is 0 Å². The van der Waals surface area contributed by atoms with Crippen LogP contribution in [0.3, 0.4) is 0 Å². The van der Waals surface area contributed by atoms with Crippen LogP contribution < -0.4 is 10.6 Å². The molecule has 6 heteroatoms. The van der Waals surface area contributed by atoms with E-state index < -0.39 is 0 Å². The molecular formula is C25H25N3O3. The zero-order valence-electron chi connectivity index (χ0n) is 17.6. The largest absolute Gasteiger partial charge is 0.383 e. The number of methoxy groups -OCH3 is 1. The van der Waals surface area contributed by atoms with Gasteiger partial charge >= 0.3 is 0 Å². The van der Waals surface area contributed by atoms with Gasteiger partial charge in [-0.1, -0.05) is 35.9 Å². The second kappa shape index (κ2) is 9.02. The molecule has 2 N–H and O–H groups in total. The van der Waals surface area contributed by atoms with Gasteiger partial charge in [0.2, 0.25) is 0 Å². The highest BCUT2D eigenvalue weighted by Gasteiger charge is 2.36. The van der Waals surface area contributed by atoms with Crippen LogP contribution in [-0.2, 0) is 4.74 Å². The number of benzene rings is 3. The summed E-state index contributed by atoms with van der Waals surface area (Å²) < 4.78 is 5.18. The summed E-state index contributed by atoms with van der Waals surface area (Å²) in [6.07, 6.45) is -0.286. The molecule has 0 aliphatic carbocycles. The number of anilines is 2. The summed E-state index contributed by atoms with van der Waals surface area (Å²) in [7, 11) is 1.62. The Morgan fingerprint density at radius 3 is 2.35 bits per heavy atom. The summed E-state index contributed by atoms with van der Waals surface area (Å²) in [6.45, 7) is 2.94. The van der Waals surface area contributed by atoms with Gasteiger partial charge in [0.1, 0.15) is 6.17 Å². The van der Waals surface area contributed by atoms with Crippen LogP contribution in [0.5, 0.6) is 0 Å². The molecule has 0 aromatic heterocycles. The van der Waals surface area contributed by atoms with E-state index in [1.807, 2.05) is 67.6 Å². The average Bonchev–Trinajstić information content (AvgIpc) is 3.05. The van der Waals surface area contributed by atoms with Crippen LogP contribution in [0.1, 0.15) is 38.0 Å². The molecule has 2 amide bonds. The Balaban J connectivity index is 1.49. The van der Waals surface area contributed by atoms with Gasteiger partial charge in [0.05, 0.1) is 6.61 Å². The van der Waals surface area contributed by atoms with Gasteiger partial charge in [-0.2, -0.15) is 0 Å². The first kappa shape index (κ1) is 20.6. The van der Waals surface area contributed by atoms with E-state index in [2.05, 4.69) is 10.6 Å². The van der Waals surface area contributed by atoms with Crippen molar-refractivity contribution in [2.75, 3.05) is 30.9 Å². The lowest BCUT2D eigenvalue weighted by Crippen LogP contribution is -2.34. The molecule has 0 bridgehead atoms. The van der Waals surface area contributed by atoms with E-state index in [9.17, 15) is 9.59 Å². The number of amides is 2. The number of hydrogen-bond acceptors (Lipinski definition) is 4. The molecule has 1 aliphatic rings. The number of rotatable bonds is 7. The predicted molar refractivity (Wildman–Crippen MR) is 121 cm³/mol. The summed E-state index contributed by atoms with van der Waals surface area (Å²) in [6, 6.07) is 22.5. The second-order valence-electron chi connectivity index (χ2n) is 7.52. The van der Waals surface area contributed by atoms with E-state index in [0.29, 0.717) is 24.3 Å². The third-order valence-corrected chi connectivity index (χ3v) is 5.35. The Morgan fingerprint density at radius 1 is 0.968 bits per heavy atom. The normalized spacial score (nSPS) is 15.0. The fourth-order valence-corrected chi connectivity index (χ4v) is 3.66. The minimum absolute atomic E-state index is 0.0146. The molecule has 4 rings (SSSR count). The molecule has 31 heavy (non-hydrogen) atoms. The van der Waals surface area contributed by atoms with E-state index >= 15 is 0 Å². The maximum atomic E-state index is 12.8. The third kappa shape index (κ3) is 4.44. The molecule has 3 aromatic rings. The number of fused-ring (bicyclic) bond motifs is 1. The molecule has 158 valence electrons. The minimum Gasteiger partial charge on any atom is -0.383 e. The number of nitrogens with zero attached hydrogens (tertiary/aromatic N) is 1. The fourth-order valence-electron chi connectivity index (χ4n) is 3.66. The summed E-state index contributed by atoms with van der Waals surface area (Å²) in [5.41, 5.74) is 4.91. The number of ether oxygens (including phenoxy) is 1. The topological polar surface area (TPSA) is 70.7 Å². The van der Waals surface area contributed by atoms with Gasteiger partial charge in [0.15, 0.2) is 0 Å². The van der Waals surface area contributed by atoms with Crippen molar-refractivity contribution in [3.8, 4) is 0 Å². The van der Waals surface area contributed by atoms with Gasteiger partial charge in [0.25, 0.3) is 11.8 Å². The molecule has 0 unspecified atom stereocenters. The highest BCUT2D eigenvalue weighted by molar-refractivity contribution is 6.04. The Hall–Kier alpha value is -3.64. The van der Waals surface area contributed by atoms with E-state index in [1.165, 1.54) is 0 Å². The van der Waals surface area contributed by atoms with Crippen molar-refractivity contribution in [3.63, 3.8) is 0 Å². The number of aryl methyl sites for hydroxylation is 1. The third-order valence-electron chi connectivity index (χ3n) is 5.35. The maximum absolute atomic E-state index is 12.8. The molecule has 0 fully saturated rings. The second-order valence-corrected chi connectivity index (χ2v) is 7.52. The average molecular weight is 415 g/mol. The highest BCUT2D eigenvalue weighted by Crippen LogP contribution is 2.34. The van der Waals surface area contributed by atoms with E-state index in [4.69, 9.17) is 4.74 Å². The zero-order chi connectivity index (χ0) is 21.8. The Bertz CT molecular complexity index is 1080. The van der Waals surface area contributed by atoms with Crippen LogP contribution >= 0.6 is 0 Å². The molecule has 1 atom stereocenters. The van der Waals surface area contributed by atoms with Crippen LogP contribution in [-0.4, -0.2) is 37.0 Å². The molecule has 0 saturated carbocycles. The molecule has 0 spiro atoms. The van der Waals surface area contributed by atoms with Crippen LogP contribution in [0, 0.1) is 6.92 Å². The predicted octanol–water partition coefficient (Wildman–Crippen LogP) is 4.46.